The van der Waals surface area contributed by atoms with Crippen LogP contribution in [0.15, 0.2) is 66.7 Å². The summed E-state index contributed by atoms with van der Waals surface area (Å²) in [6, 6.07) is 23.0. The summed E-state index contributed by atoms with van der Waals surface area (Å²) in [5, 5.41) is 4.93. The van der Waals surface area contributed by atoms with E-state index in [1.165, 1.54) is 22.3 Å². The van der Waals surface area contributed by atoms with Gasteiger partial charge in [-0.2, -0.15) is 0 Å². The maximum absolute atomic E-state index is 4.93. The van der Waals surface area contributed by atoms with Crippen LogP contribution in [-0.4, -0.2) is 14.8 Å². The molecule has 0 aliphatic rings. The first-order valence-corrected chi connectivity index (χ1v) is 9.20. The first-order valence-electron chi connectivity index (χ1n) is 9.20. The Morgan fingerprint density at radius 2 is 1.33 bits per heavy atom. The molecule has 0 radical (unpaired) electrons. The van der Waals surface area contributed by atoms with Crippen LogP contribution in [-0.2, 0) is 0 Å². The van der Waals surface area contributed by atoms with Crippen molar-refractivity contribution in [3.05, 3.63) is 89.0 Å². The average molecular weight is 353 g/mol. The molecule has 27 heavy (non-hydrogen) atoms. The lowest BCUT2D eigenvalue weighted by Crippen LogP contribution is -2.05. The molecular weight excluding hydrogens is 330 g/mol. The van der Waals surface area contributed by atoms with Gasteiger partial charge in [0.15, 0.2) is 11.6 Å². The zero-order valence-electron chi connectivity index (χ0n) is 16.2. The second-order valence-corrected chi connectivity index (χ2v) is 7.15. The molecule has 134 valence electrons. The van der Waals surface area contributed by atoms with Gasteiger partial charge in [-0.15, -0.1) is 5.10 Å². The molecule has 0 aliphatic heterocycles. The van der Waals surface area contributed by atoms with Gasteiger partial charge in [-0.25, -0.2) is 9.67 Å². The van der Waals surface area contributed by atoms with Crippen LogP contribution >= 0.6 is 0 Å². The summed E-state index contributed by atoms with van der Waals surface area (Å²) >= 11 is 0. The molecule has 3 aromatic carbocycles. The molecule has 3 nitrogen and oxygen atoms in total. The second kappa shape index (κ2) is 6.84. The lowest BCUT2D eigenvalue weighted by Gasteiger charge is -2.13. The first-order chi connectivity index (χ1) is 13.0. The first kappa shape index (κ1) is 17.2. The molecule has 3 heteroatoms. The monoisotopic (exact) mass is 353 g/mol. The van der Waals surface area contributed by atoms with Crippen molar-refractivity contribution in [3.8, 4) is 28.5 Å². The zero-order chi connectivity index (χ0) is 19.0. The largest absolute Gasteiger partial charge is 0.212 e. The van der Waals surface area contributed by atoms with Gasteiger partial charge in [0.2, 0.25) is 0 Å². The fourth-order valence-corrected chi connectivity index (χ4v) is 3.66. The Labute approximate surface area is 160 Å². The molecule has 1 heterocycles. The minimum absolute atomic E-state index is 0.747. The molecule has 0 amide bonds. The summed E-state index contributed by atoms with van der Waals surface area (Å²) in [4.78, 5) is 4.92. The normalized spacial score (nSPS) is 11.0. The highest BCUT2D eigenvalue weighted by molar-refractivity contribution is 5.65. The van der Waals surface area contributed by atoms with Gasteiger partial charge in [-0.05, 0) is 44.9 Å². The third kappa shape index (κ3) is 3.28. The third-order valence-electron chi connectivity index (χ3n) is 4.76. The average Bonchev–Trinajstić information content (AvgIpc) is 3.06. The highest BCUT2D eigenvalue weighted by atomic mass is 15.4. The van der Waals surface area contributed by atoms with E-state index >= 15 is 0 Å². The van der Waals surface area contributed by atoms with Gasteiger partial charge in [0, 0.05) is 11.1 Å². The highest BCUT2D eigenvalue weighted by Gasteiger charge is 2.18. The van der Waals surface area contributed by atoms with Gasteiger partial charge in [-0.3, -0.25) is 0 Å². The lowest BCUT2D eigenvalue weighted by atomic mass is 10.0. The molecule has 0 fully saturated rings. The summed E-state index contributed by atoms with van der Waals surface area (Å²) in [6.07, 6.45) is 0. The van der Waals surface area contributed by atoms with E-state index in [1.807, 2.05) is 22.9 Å². The van der Waals surface area contributed by atoms with Crippen molar-refractivity contribution in [1.82, 2.24) is 14.8 Å². The van der Waals surface area contributed by atoms with Crippen LogP contribution in [0, 0.1) is 27.7 Å². The molecule has 0 atom stereocenters. The van der Waals surface area contributed by atoms with Crippen LogP contribution in [0.1, 0.15) is 22.3 Å². The zero-order valence-corrected chi connectivity index (χ0v) is 16.2. The smallest absolute Gasteiger partial charge is 0.182 e. The van der Waals surface area contributed by atoms with Gasteiger partial charge in [0.1, 0.15) is 0 Å². The molecular formula is C24H23N3. The van der Waals surface area contributed by atoms with Gasteiger partial charge in [0.25, 0.3) is 0 Å². The van der Waals surface area contributed by atoms with E-state index < -0.39 is 0 Å². The summed E-state index contributed by atoms with van der Waals surface area (Å²) in [5.74, 6) is 1.61. The standard InChI is InChI=1S/C24H23N3/c1-16-9-8-12-21(15-16)23-25-24(20-10-6-5-7-11-20)27(26-23)22-18(3)13-17(2)14-19(22)4/h5-15H,1-4H3. The molecule has 4 aromatic rings. The topological polar surface area (TPSA) is 30.7 Å². The lowest BCUT2D eigenvalue weighted by molar-refractivity contribution is 0.873. The van der Waals surface area contributed by atoms with Gasteiger partial charge in [-0.1, -0.05) is 71.8 Å². The Kier molecular flexibility index (Phi) is 4.36. The molecule has 0 aliphatic carbocycles. The van der Waals surface area contributed by atoms with Gasteiger partial charge in [0.05, 0.1) is 5.69 Å². The Balaban J connectivity index is 1.98. The predicted molar refractivity (Wildman–Crippen MR) is 111 cm³/mol. The summed E-state index contributed by atoms with van der Waals surface area (Å²) in [6.45, 7) is 8.49. The van der Waals surface area contributed by atoms with Crippen molar-refractivity contribution in [2.75, 3.05) is 0 Å². The number of hydrogen-bond acceptors (Lipinski definition) is 2. The number of benzene rings is 3. The molecule has 0 N–H and O–H groups in total. The van der Waals surface area contributed by atoms with E-state index in [0.717, 1.165) is 28.5 Å². The van der Waals surface area contributed by atoms with Gasteiger partial charge < -0.3 is 0 Å². The van der Waals surface area contributed by atoms with Crippen molar-refractivity contribution < 1.29 is 0 Å². The van der Waals surface area contributed by atoms with Crippen molar-refractivity contribution in [2.24, 2.45) is 0 Å². The minimum Gasteiger partial charge on any atom is -0.212 e. The predicted octanol–water partition coefficient (Wildman–Crippen LogP) is 5.83. The van der Waals surface area contributed by atoms with Gasteiger partial charge >= 0.3 is 0 Å². The Morgan fingerprint density at radius 3 is 2.00 bits per heavy atom. The Morgan fingerprint density at radius 1 is 0.667 bits per heavy atom. The third-order valence-corrected chi connectivity index (χ3v) is 4.76. The van der Waals surface area contributed by atoms with E-state index in [9.17, 15) is 0 Å². The van der Waals surface area contributed by atoms with E-state index in [-0.39, 0.29) is 0 Å². The molecule has 0 bridgehead atoms. The molecule has 4 rings (SSSR count). The van der Waals surface area contributed by atoms with E-state index in [2.05, 4.69) is 76.2 Å². The van der Waals surface area contributed by atoms with Crippen LogP contribution in [0.3, 0.4) is 0 Å². The van der Waals surface area contributed by atoms with E-state index in [0.29, 0.717) is 0 Å². The van der Waals surface area contributed by atoms with Crippen LogP contribution < -0.4 is 0 Å². The maximum atomic E-state index is 4.93. The number of aryl methyl sites for hydroxylation is 4. The van der Waals surface area contributed by atoms with Crippen molar-refractivity contribution >= 4 is 0 Å². The van der Waals surface area contributed by atoms with Crippen molar-refractivity contribution in [1.29, 1.82) is 0 Å². The summed E-state index contributed by atoms with van der Waals surface area (Å²) < 4.78 is 2.00. The maximum Gasteiger partial charge on any atom is 0.182 e. The fraction of sp³-hybridized carbons (Fsp3) is 0.167. The van der Waals surface area contributed by atoms with E-state index in [4.69, 9.17) is 10.1 Å². The minimum atomic E-state index is 0.747. The quantitative estimate of drug-likeness (QED) is 0.463. The highest BCUT2D eigenvalue weighted by Crippen LogP contribution is 2.29. The molecule has 1 aromatic heterocycles. The van der Waals surface area contributed by atoms with Crippen molar-refractivity contribution in [3.63, 3.8) is 0 Å². The summed E-state index contributed by atoms with van der Waals surface area (Å²) in [7, 11) is 0. The molecule has 0 saturated heterocycles. The van der Waals surface area contributed by atoms with E-state index in [1.54, 1.807) is 0 Å². The number of nitrogens with zero attached hydrogens (tertiary/aromatic N) is 3. The fourth-order valence-electron chi connectivity index (χ4n) is 3.66. The Hall–Kier alpha value is -3.20. The van der Waals surface area contributed by atoms with Crippen LogP contribution in [0.4, 0.5) is 0 Å². The van der Waals surface area contributed by atoms with Crippen molar-refractivity contribution in [2.45, 2.75) is 27.7 Å². The SMILES string of the molecule is Cc1cccc(-c2nc(-c3ccccc3)n(-c3c(C)cc(C)cc3C)n2)c1. The number of rotatable bonds is 3. The number of aromatic nitrogens is 3. The molecule has 0 spiro atoms. The van der Waals surface area contributed by atoms with Crippen LogP contribution in [0.25, 0.3) is 28.5 Å². The second-order valence-electron chi connectivity index (χ2n) is 7.15. The molecule has 0 unspecified atom stereocenters. The Bertz CT molecular complexity index is 1080. The summed E-state index contributed by atoms with van der Waals surface area (Å²) in [5.41, 5.74) is 8.06. The van der Waals surface area contributed by atoms with Crippen LogP contribution in [0.2, 0.25) is 0 Å². The number of hydrogen-bond donors (Lipinski definition) is 0. The van der Waals surface area contributed by atoms with Crippen LogP contribution in [0.5, 0.6) is 0 Å². The molecule has 0 saturated carbocycles.